The molecule has 0 radical (unpaired) electrons. The summed E-state index contributed by atoms with van der Waals surface area (Å²) in [5.41, 5.74) is -4.46. The van der Waals surface area contributed by atoms with Gasteiger partial charge in [-0.3, -0.25) is 9.69 Å². The molecular weight excluding hydrogens is 692 g/mol. The van der Waals surface area contributed by atoms with Crippen LogP contribution in [0.25, 0.3) is 0 Å². The van der Waals surface area contributed by atoms with Gasteiger partial charge in [0.25, 0.3) is 0 Å². The normalized spacial score (nSPS) is 48.9. The molecule has 3 aliphatic heterocycles. The number of esters is 1. The van der Waals surface area contributed by atoms with Crippen molar-refractivity contribution in [3.05, 3.63) is 0 Å². The first-order valence-corrected chi connectivity index (χ1v) is 19.3. The smallest absolute Gasteiger partial charge is 0.311 e. The maximum atomic E-state index is 14.2. The molecule has 0 bridgehead atoms. The van der Waals surface area contributed by atoms with Crippen LogP contribution in [-0.4, -0.2) is 171 Å². The predicted molar refractivity (Wildman–Crippen MR) is 195 cm³/mol. The molecule has 3 aliphatic rings. The number of cyclic esters (lactones) is 1. The molecule has 18 atom stereocenters. The zero-order chi connectivity index (χ0) is 40.4. The summed E-state index contributed by atoms with van der Waals surface area (Å²) in [6.45, 7) is 17.5. The fourth-order valence-corrected chi connectivity index (χ4v) is 8.77. The predicted octanol–water partition coefficient (Wildman–Crippen LogP) is 1.22. The molecule has 3 saturated heterocycles. The van der Waals surface area contributed by atoms with E-state index >= 15 is 0 Å². The number of carbonyl (C=O) groups excluding carboxylic acids is 1. The highest BCUT2D eigenvalue weighted by Crippen LogP contribution is 2.40. The maximum Gasteiger partial charge on any atom is 0.311 e. The first-order chi connectivity index (χ1) is 24.4. The quantitative estimate of drug-likeness (QED) is 0.152. The molecule has 3 rings (SSSR count). The number of hydrogen-bond acceptors (Lipinski definition) is 15. The molecule has 3 heterocycles. The Labute approximate surface area is 316 Å². The average Bonchev–Trinajstić information content (AvgIpc) is 3.09. The molecule has 15 nitrogen and oxygen atoms in total. The molecule has 0 saturated carbocycles. The van der Waals surface area contributed by atoms with Crippen LogP contribution in [0.1, 0.15) is 94.9 Å². The molecule has 0 spiro atoms. The average molecular weight is 765 g/mol. The lowest BCUT2D eigenvalue weighted by Crippen LogP contribution is -2.60. The van der Waals surface area contributed by atoms with E-state index in [1.165, 1.54) is 14.0 Å². The Morgan fingerprint density at radius 2 is 1.58 bits per heavy atom. The van der Waals surface area contributed by atoms with Crippen molar-refractivity contribution in [2.75, 3.05) is 34.5 Å². The monoisotopic (exact) mass is 765 g/mol. The molecule has 6 N–H and O–H groups in total. The topological polar surface area (TPSA) is 200 Å². The lowest BCUT2D eigenvalue weighted by Gasteiger charge is -2.49. The van der Waals surface area contributed by atoms with Gasteiger partial charge in [0.05, 0.1) is 48.3 Å². The molecular formula is C38H72N2O13. The maximum absolute atomic E-state index is 14.2. The first-order valence-electron chi connectivity index (χ1n) is 19.3. The van der Waals surface area contributed by atoms with E-state index in [1.807, 2.05) is 25.8 Å². The van der Waals surface area contributed by atoms with Crippen LogP contribution < -0.4 is 0 Å². The number of rotatable bonds is 8. The van der Waals surface area contributed by atoms with E-state index in [9.17, 15) is 35.4 Å². The fourth-order valence-electron chi connectivity index (χ4n) is 8.77. The zero-order valence-corrected chi connectivity index (χ0v) is 34.3. The second-order valence-corrected chi connectivity index (χ2v) is 17.1. The van der Waals surface area contributed by atoms with Crippen LogP contribution >= 0.6 is 0 Å². The van der Waals surface area contributed by atoms with Crippen molar-refractivity contribution in [2.24, 2.45) is 17.8 Å². The molecule has 0 unspecified atom stereocenters. The SMILES string of the molecule is CC[C@H]1OC(=O)[C@H](C)[C@@H](O[C@@H]2C[C@@](C)(OC)[C@@H](O)[C@H](C)O2)[C@H](C)[C@@H](O[C@@H]2O[C@H](C)C[C@H](N(C)CO)[C@H]2O)[C@](C)(O)C[C@@H](C)CN(C)[C@H](C)[C@@H](O)[C@]1(C)O. The number of methoxy groups -OCH3 is 1. The van der Waals surface area contributed by atoms with E-state index in [0.717, 1.165) is 0 Å². The van der Waals surface area contributed by atoms with Crippen molar-refractivity contribution in [1.29, 1.82) is 0 Å². The third kappa shape index (κ3) is 10.5. The van der Waals surface area contributed by atoms with E-state index in [2.05, 4.69) is 0 Å². The van der Waals surface area contributed by atoms with Crippen molar-refractivity contribution in [3.8, 4) is 0 Å². The molecule has 0 aromatic carbocycles. The Balaban J connectivity index is 2.18. The summed E-state index contributed by atoms with van der Waals surface area (Å²) in [5.74, 6) is -2.73. The summed E-state index contributed by atoms with van der Waals surface area (Å²) in [4.78, 5) is 17.7. The molecule has 0 aliphatic carbocycles. The summed E-state index contributed by atoms with van der Waals surface area (Å²) in [7, 11) is 5.01. The minimum atomic E-state index is -1.82. The van der Waals surface area contributed by atoms with Gasteiger partial charge in [-0.05, 0) is 87.7 Å². The van der Waals surface area contributed by atoms with Gasteiger partial charge in [0.1, 0.15) is 30.0 Å². The van der Waals surface area contributed by atoms with Crippen LogP contribution in [0.5, 0.6) is 0 Å². The molecule has 0 amide bonds. The number of hydrogen-bond donors (Lipinski definition) is 6. The Bertz CT molecular complexity index is 1160. The highest BCUT2D eigenvalue weighted by molar-refractivity contribution is 5.73. The molecule has 53 heavy (non-hydrogen) atoms. The summed E-state index contributed by atoms with van der Waals surface area (Å²) in [6, 6.07) is -1.06. The summed E-state index contributed by atoms with van der Waals surface area (Å²) in [6.07, 6.45) is -9.00. The van der Waals surface area contributed by atoms with Crippen molar-refractivity contribution in [3.63, 3.8) is 0 Å². The third-order valence-electron chi connectivity index (χ3n) is 12.3. The van der Waals surface area contributed by atoms with Crippen molar-refractivity contribution in [1.82, 2.24) is 9.80 Å². The second-order valence-electron chi connectivity index (χ2n) is 17.1. The fraction of sp³-hybridized carbons (Fsp3) is 0.974. The van der Waals surface area contributed by atoms with E-state index in [1.54, 1.807) is 60.4 Å². The zero-order valence-electron chi connectivity index (χ0n) is 34.3. The van der Waals surface area contributed by atoms with Crippen LogP contribution in [0.2, 0.25) is 0 Å². The van der Waals surface area contributed by atoms with Crippen LogP contribution in [0.3, 0.4) is 0 Å². The van der Waals surface area contributed by atoms with Gasteiger partial charge in [-0.2, -0.15) is 0 Å². The van der Waals surface area contributed by atoms with Gasteiger partial charge in [0.15, 0.2) is 12.6 Å². The number of nitrogens with zero attached hydrogens (tertiary/aromatic N) is 2. The van der Waals surface area contributed by atoms with Crippen molar-refractivity contribution >= 4 is 5.97 Å². The summed E-state index contributed by atoms with van der Waals surface area (Å²) < 4.78 is 37.4. The van der Waals surface area contributed by atoms with E-state index in [0.29, 0.717) is 13.0 Å². The largest absolute Gasteiger partial charge is 0.459 e. The van der Waals surface area contributed by atoms with Crippen LogP contribution in [0, 0.1) is 17.8 Å². The van der Waals surface area contributed by atoms with Crippen LogP contribution in [-0.2, 0) is 33.2 Å². The Morgan fingerprint density at radius 1 is 0.962 bits per heavy atom. The van der Waals surface area contributed by atoms with Gasteiger partial charge in [0, 0.05) is 38.1 Å². The standard InChI is InChI=1S/C38H72N2O13/c1-14-27-38(10,47)31(43)24(6)39(11)18-20(2)16-36(8,46)33(53-35-29(42)26(40(12)19-41)15-21(3)49-35)22(4)30(23(5)34(45)51-27)52-28-17-37(9,48-13)32(44)25(7)50-28/h20-33,35,41-44,46-47H,14-19H2,1-13H3/t20-,21-,22+,23-,24-,25+,26+,27-,28-,29-,30+,31-,32+,33-,35+,36-,37-,38-/m1/s1. The van der Waals surface area contributed by atoms with Gasteiger partial charge < -0.3 is 64.0 Å². The van der Waals surface area contributed by atoms with Gasteiger partial charge in [-0.25, -0.2) is 0 Å². The van der Waals surface area contributed by atoms with E-state index in [-0.39, 0.29) is 38.0 Å². The number of aliphatic hydroxyl groups is 6. The minimum Gasteiger partial charge on any atom is -0.459 e. The number of aliphatic hydroxyl groups excluding tert-OH is 4. The number of ether oxygens (including phenoxy) is 6. The lowest BCUT2D eigenvalue weighted by molar-refractivity contribution is -0.318. The van der Waals surface area contributed by atoms with Crippen molar-refractivity contribution < 1.29 is 63.9 Å². The van der Waals surface area contributed by atoms with Gasteiger partial charge in [-0.15, -0.1) is 0 Å². The highest BCUT2D eigenvalue weighted by atomic mass is 16.7. The summed E-state index contributed by atoms with van der Waals surface area (Å²) >= 11 is 0. The first kappa shape index (κ1) is 46.3. The van der Waals surface area contributed by atoms with Gasteiger partial charge in [-0.1, -0.05) is 20.8 Å². The number of carbonyl (C=O) groups is 1. The lowest BCUT2D eigenvalue weighted by atomic mass is 9.77. The molecule has 0 aromatic heterocycles. The molecule has 15 heteroatoms. The molecule has 312 valence electrons. The van der Waals surface area contributed by atoms with Gasteiger partial charge in [0.2, 0.25) is 0 Å². The van der Waals surface area contributed by atoms with Crippen molar-refractivity contribution in [2.45, 2.75) is 185 Å². The Hall–Kier alpha value is -1.05. The summed E-state index contributed by atoms with van der Waals surface area (Å²) in [5, 5.41) is 68.1. The van der Waals surface area contributed by atoms with Crippen LogP contribution in [0.4, 0.5) is 0 Å². The Kier molecular flexibility index (Phi) is 16.2. The van der Waals surface area contributed by atoms with E-state index < -0.39 is 102 Å². The third-order valence-corrected chi connectivity index (χ3v) is 12.3. The number of likely N-dealkylation sites (N-methyl/N-ethyl adjacent to an activating group) is 2. The highest BCUT2D eigenvalue weighted by Gasteiger charge is 2.52. The van der Waals surface area contributed by atoms with Gasteiger partial charge >= 0.3 is 5.97 Å². The minimum absolute atomic E-state index is 0.110. The van der Waals surface area contributed by atoms with Crippen LogP contribution in [0.15, 0.2) is 0 Å². The molecule has 3 fully saturated rings. The van der Waals surface area contributed by atoms with E-state index in [4.69, 9.17) is 28.4 Å². The molecule has 0 aromatic rings. The second kappa shape index (κ2) is 18.5. The Morgan fingerprint density at radius 3 is 2.15 bits per heavy atom.